The normalized spacial score (nSPS) is 14.0. The van der Waals surface area contributed by atoms with Crippen molar-refractivity contribution in [3.63, 3.8) is 0 Å². The molecule has 0 bridgehead atoms. The summed E-state index contributed by atoms with van der Waals surface area (Å²) in [6.45, 7) is 1.44. The highest BCUT2D eigenvalue weighted by Crippen LogP contribution is 1.95. The molecule has 6 N–H and O–H groups in total. The lowest BCUT2D eigenvalue weighted by molar-refractivity contribution is -0.138. The fourth-order valence-corrected chi connectivity index (χ4v) is 0.795. The second-order valence-corrected chi connectivity index (χ2v) is 3.17. The number of carboxylic acids is 1. The van der Waals surface area contributed by atoms with Crippen molar-refractivity contribution in [2.24, 2.45) is 11.5 Å². The van der Waals surface area contributed by atoms with E-state index in [1.54, 1.807) is 0 Å². The zero-order chi connectivity index (χ0) is 12.0. The number of nitrogens with one attached hydrogen (secondary N) is 1. The van der Waals surface area contributed by atoms with E-state index in [1.807, 2.05) is 0 Å². The molecule has 0 aromatic heterocycles. The van der Waals surface area contributed by atoms with Crippen LogP contribution in [-0.2, 0) is 14.4 Å². The first kappa shape index (κ1) is 13.4. The lowest BCUT2D eigenvalue weighted by Gasteiger charge is -2.10. The number of aliphatic carboxylic acids is 1. The molecule has 7 heteroatoms. The highest BCUT2D eigenvalue weighted by atomic mass is 16.4. The molecule has 0 saturated heterocycles. The zero-order valence-electron chi connectivity index (χ0n) is 8.40. The quantitative estimate of drug-likeness (QED) is 0.415. The van der Waals surface area contributed by atoms with Crippen LogP contribution in [0.1, 0.15) is 19.8 Å². The van der Waals surface area contributed by atoms with Crippen molar-refractivity contribution < 1.29 is 19.5 Å². The molecule has 86 valence electrons. The average Bonchev–Trinajstić information content (AvgIpc) is 2.13. The minimum absolute atomic E-state index is 0.0205. The van der Waals surface area contributed by atoms with E-state index < -0.39 is 29.9 Å². The summed E-state index contributed by atoms with van der Waals surface area (Å²) >= 11 is 0. The molecular weight excluding hydrogens is 202 g/mol. The lowest BCUT2D eigenvalue weighted by atomic mass is 10.1. The number of rotatable bonds is 6. The topological polar surface area (TPSA) is 136 Å². The van der Waals surface area contributed by atoms with Crippen LogP contribution >= 0.6 is 0 Å². The van der Waals surface area contributed by atoms with Crippen molar-refractivity contribution in [3.05, 3.63) is 0 Å². The predicted octanol–water partition coefficient (Wildman–Crippen LogP) is -1.83. The second kappa shape index (κ2) is 5.97. The molecule has 0 rings (SSSR count). The number of primary amides is 1. The van der Waals surface area contributed by atoms with Gasteiger partial charge >= 0.3 is 5.97 Å². The summed E-state index contributed by atoms with van der Waals surface area (Å²) in [5.41, 5.74) is 10.1. The number of nitrogens with two attached hydrogens (primary N) is 2. The van der Waals surface area contributed by atoms with Crippen molar-refractivity contribution >= 4 is 17.8 Å². The Balaban J connectivity index is 3.85. The second-order valence-electron chi connectivity index (χ2n) is 3.17. The summed E-state index contributed by atoms with van der Waals surface area (Å²) in [7, 11) is 0. The van der Waals surface area contributed by atoms with E-state index in [2.05, 4.69) is 5.32 Å². The van der Waals surface area contributed by atoms with E-state index in [4.69, 9.17) is 16.6 Å². The summed E-state index contributed by atoms with van der Waals surface area (Å²) in [4.78, 5) is 32.0. The molecular formula is C8H15N3O4. The van der Waals surface area contributed by atoms with Gasteiger partial charge in [-0.2, -0.15) is 0 Å². The molecule has 2 atom stereocenters. The maximum absolute atomic E-state index is 11.1. The van der Waals surface area contributed by atoms with Crippen LogP contribution < -0.4 is 16.8 Å². The molecule has 0 aliphatic heterocycles. The first-order chi connectivity index (χ1) is 6.84. The maximum atomic E-state index is 11.1. The smallest absolute Gasteiger partial charge is 0.320 e. The molecule has 1 unspecified atom stereocenters. The summed E-state index contributed by atoms with van der Waals surface area (Å²) in [5.74, 6) is -2.25. The molecule has 0 aliphatic carbocycles. The molecule has 0 saturated carbocycles. The molecule has 2 amide bonds. The minimum atomic E-state index is -1.16. The number of hydrogen-bond donors (Lipinski definition) is 4. The van der Waals surface area contributed by atoms with Crippen molar-refractivity contribution in [2.45, 2.75) is 31.8 Å². The van der Waals surface area contributed by atoms with Crippen LogP contribution in [0, 0.1) is 0 Å². The Morgan fingerprint density at radius 1 is 1.40 bits per heavy atom. The van der Waals surface area contributed by atoms with Crippen LogP contribution in [-0.4, -0.2) is 35.0 Å². The fourth-order valence-electron chi connectivity index (χ4n) is 0.795. The lowest BCUT2D eigenvalue weighted by Crippen LogP contribution is -2.42. The first-order valence-corrected chi connectivity index (χ1v) is 4.41. The van der Waals surface area contributed by atoms with E-state index in [-0.39, 0.29) is 12.8 Å². The Morgan fingerprint density at radius 3 is 2.33 bits per heavy atom. The van der Waals surface area contributed by atoms with Gasteiger partial charge < -0.3 is 21.9 Å². The van der Waals surface area contributed by atoms with E-state index in [1.165, 1.54) is 6.92 Å². The third kappa shape index (κ3) is 5.63. The Bertz CT molecular complexity index is 267. The standard InChI is InChI=1S/C8H15N3O4/c1-4(7(10)13)11-6(12)3-2-5(9)8(14)15/h4-5H,2-3,9H2,1H3,(H2,10,13)(H,11,12)(H,14,15)/t4?,5-/m1/s1. The van der Waals surface area contributed by atoms with Gasteiger partial charge in [0.05, 0.1) is 0 Å². The highest BCUT2D eigenvalue weighted by molar-refractivity contribution is 5.86. The minimum Gasteiger partial charge on any atom is -0.480 e. The number of hydrogen-bond acceptors (Lipinski definition) is 4. The highest BCUT2D eigenvalue weighted by Gasteiger charge is 2.16. The fraction of sp³-hybridized carbons (Fsp3) is 0.625. The van der Waals surface area contributed by atoms with Crippen molar-refractivity contribution in [3.8, 4) is 0 Å². The van der Waals surface area contributed by atoms with Crippen LogP contribution in [0.25, 0.3) is 0 Å². The number of carboxylic acid groups (broad SMARTS) is 1. The Morgan fingerprint density at radius 2 is 1.93 bits per heavy atom. The molecule has 0 aromatic carbocycles. The zero-order valence-corrected chi connectivity index (χ0v) is 8.40. The van der Waals surface area contributed by atoms with E-state index >= 15 is 0 Å². The molecule has 0 heterocycles. The molecule has 0 radical (unpaired) electrons. The summed E-state index contributed by atoms with van der Waals surface area (Å²) in [5, 5.41) is 10.7. The molecule has 0 aromatic rings. The predicted molar refractivity (Wildman–Crippen MR) is 51.6 cm³/mol. The van der Waals surface area contributed by atoms with Gasteiger partial charge in [-0.3, -0.25) is 14.4 Å². The van der Waals surface area contributed by atoms with Gasteiger partial charge in [0.15, 0.2) is 0 Å². The van der Waals surface area contributed by atoms with Gasteiger partial charge in [-0.15, -0.1) is 0 Å². The van der Waals surface area contributed by atoms with Gasteiger partial charge in [-0.1, -0.05) is 0 Å². The van der Waals surface area contributed by atoms with Crippen LogP contribution in [0.5, 0.6) is 0 Å². The van der Waals surface area contributed by atoms with Crippen molar-refractivity contribution in [1.29, 1.82) is 0 Å². The summed E-state index contributed by atoms with van der Waals surface area (Å²) in [6, 6.07) is -1.84. The van der Waals surface area contributed by atoms with Crippen LogP contribution in [0.4, 0.5) is 0 Å². The number of carbonyl (C=O) groups is 3. The van der Waals surface area contributed by atoms with E-state index in [0.717, 1.165) is 0 Å². The van der Waals surface area contributed by atoms with Crippen molar-refractivity contribution in [2.75, 3.05) is 0 Å². The SMILES string of the molecule is CC(NC(=O)CC[C@@H](N)C(=O)O)C(N)=O. The molecule has 0 spiro atoms. The first-order valence-electron chi connectivity index (χ1n) is 4.41. The third-order valence-electron chi connectivity index (χ3n) is 1.80. The number of amides is 2. The molecule has 0 aliphatic rings. The van der Waals surface area contributed by atoms with Gasteiger partial charge in [-0.25, -0.2) is 0 Å². The van der Waals surface area contributed by atoms with Gasteiger partial charge in [-0.05, 0) is 13.3 Å². The van der Waals surface area contributed by atoms with Gasteiger partial charge in [0.1, 0.15) is 12.1 Å². The van der Waals surface area contributed by atoms with Crippen molar-refractivity contribution in [1.82, 2.24) is 5.32 Å². The van der Waals surface area contributed by atoms with Gasteiger partial charge in [0, 0.05) is 6.42 Å². The van der Waals surface area contributed by atoms with Crippen LogP contribution in [0.3, 0.4) is 0 Å². The van der Waals surface area contributed by atoms with Crippen LogP contribution in [0.2, 0.25) is 0 Å². The Hall–Kier alpha value is -1.63. The summed E-state index contributed by atoms with van der Waals surface area (Å²) in [6.07, 6.45) is -0.0300. The maximum Gasteiger partial charge on any atom is 0.320 e. The van der Waals surface area contributed by atoms with Gasteiger partial charge in [0.2, 0.25) is 11.8 Å². The van der Waals surface area contributed by atoms with Crippen LogP contribution in [0.15, 0.2) is 0 Å². The number of carbonyl (C=O) groups excluding carboxylic acids is 2. The monoisotopic (exact) mass is 217 g/mol. The molecule has 15 heavy (non-hydrogen) atoms. The average molecular weight is 217 g/mol. The third-order valence-corrected chi connectivity index (χ3v) is 1.80. The molecule has 7 nitrogen and oxygen atoms in total. The summed E-state index contributed by atoms with van der Waals surface area (Å²) < 4.78 is 0. The molecule has 0 fully saturated rings. The Kier molecular flexibility index (Phi) is 5.32. The van der Waals surface area contributed by atoms with E-state index in [0.29, 0.717) is 0 Å². The Labute approximate surface area is 86.8 Å². The van der Waals surface area contributed by atoms with Gasteiger partial charge in [0.25, 0.3) is 0 Å². The van der Waals surface area contributed by atoms with E-state index in [9.17, 15) is 14.4 Å². The largest absolute Gasteiger partial charge is 0.480 e.